The molecule has 0 aromatic rings. The third kappa shape index (κ3) is 3.33. The summed E-state index contributed by atoms with van der Waals surface area (Å²) in [6.45, 7) is 9.25. The highest BCUT2D eigenvalue weighted by atomic mass is 19.1. The van der Waals surface area contributed by atoms with Crippen LogP contribution < -0.4 is 5.32 Å². The van der Waals surface area contributed by atoms with Gasteiger partial charge in [0.2, 0.25) is 5.91 Å². The molecule has 0 aliphatic heterocycles. The lowest BCUT2D eigenvalue weighted by Crippen LogP contribution is -2.31. The Bertz CT molecular complexity index is 377. The summed E-state index contributed by atoms with van der Waals surface area (Å²) < 4.78 is 13.4. The van der Waals surface area contributed by atoms with Crippen LogP contribution in [0.2, 0.25) is 0 Å². The zero-order chi connectivity index (χ0) is 12.3. The minimum atomic E-state index is -0.197. The maximum atomic E-state index is 13.4. The Morgan fingerprint density at radius 3 is 2.69 bits per heavy atom. The Hall–Kier alpha value is -1.38. The molecule has 2 nitrogen and oxygen atoms in total. The Labute approximate surface area is 95.9 Å². The van der Waals surface area contributed by atoms with E-state index in [4.69, 9.17) is 0 Å². The number of carbonyl (C=O) groups excluding carboxylic acids is 1. The summed E-state index contributed by atoms with van der Waals surface area (Å²) >= 11 is 0. The van der Waals surface area contributed by atoms with Gasteiger partial charge in [0.15, 0.2) is 0 Å². The second-order valence-electron chi connectivity index (χ2n) is 4.49. The van der Waals surface area contributed by atoms with Gasteiger partial charge in [-0.15, -0.1) is 0 Å². The topological polar surface area (TPSA) is 29.1 Å². The summed E-state index contributed by atoms with van der Waals surface area (Å²) in [5, 5.41) is 2.80. The molecule has 0 radical (unpaired) electrons. The Morgan fingerprint density at radius 2 is 2.12 bits per heavy atom. The molecule has 0 spiro atoms. The first-order valence-corrected chi connectivity index (χ1v) is 5.43. The normalized spacial score (nSPS) is 17.3. The van der Waals surface area contributed by atoms with Gasteiger partial charge in [-0.3, -0.25) is 4.79 Å². The molecule has 0 atom stereocenters. The molecule has 0 saturated heterocycles. The molecule has 0 fully saturated rings. The van der Waals surface area contributed by atoms with Gasteiger partial charge in [-0.25, -0.2) is 4.39 Å². The van der Waals surface area contributed by atoms with Crippen LogP contribution in [0.15, 0.2) is 35.2 Å². The Morgan fingerprint density at radius 1 is 1.50 bits per heavy atom. The van der Waals surface area contributed by atoms with E-state index in [0.29, 0.717) is 17.6 Å². The van der Waals surface area contributed by atoms with Crippen LogP contribution in [0.5, 0.6) is 0 Å². The number of rotatable bonds is 2. The summed E-state index contributed by atoms with van der Waals surface area (Å²) in [6.07, 6.45) is 2.30. The van der Waals surface area contributed by atoms with E-state index in [1.165, 1.54) is 0 Å². The molecule has 1 rings (SSSR count). The molecule has 0 aromatic carbocycles. The molecular formula is C13H18FNO. The first kappa shape index (κ1) is 12.7. The number of hydrogen-bond donors (Lipinski definition) is 1. The van der Waals surface area contributed by atoms with Crippen molar-refractivity contribution in [2.75, 3.05) is 0 Å². The van der Waals surface area contributed by atoms with Crippen molar-refractivity contribution < 1.29 is 9.18 Å². The van der Waals surface area contributed by atoms with Crippen LogP contribution in [-0.4, -0.2) is 11.9 Å². The second kappa shape index (κ2) is 5.10. The maximum Gasteiger partial charge on any atom is 0.247 e. The first-order chi connectivity index (χ1) is 7.40. The standard InChI is InChI=1S/C13H18FNO/c1-8(2)15-13(16)11-5-9(3)6-12(14)10(4)7-11/h7-8H,3,5-6H2,1-2,4H3,(H,15,16). The van der Waals surface area contributed by atoms with Gasteiger partial charge in [-0.05, 0) is 38.8 Å². The van der Waals surface area contributed by atoms with Crippen molar-refractivity contribution in [1.29, 1.82) is 0 Å². The van der Waals surface area contributed by atoms with Crippen molar-refractivity contribution in [2.24, 2.45) is 0 Å². The number of hydrogen-bond acceptors (Lipinski definition) is 1. The molecule has 3 heteroatoms. The van der Waals surface area contributed by atoms with Crippen molar-refractivity contribution in [3.8, 4) is 0 Å². The highest BCUT2D eigenvalue weighted by Crippen LogP contribution is 2.26. The smallest absolute Gasteiger partial charge is 0.247 e. The molecule has 1 aliphatic rings. The third-order valence-corrected chi connectivity index (χ3v) is 2.38. The molecule has 0 heterocycles. The van der Waals surface area contributed by atoms with Crippen molar-refractivity contribution in [3.05, 3.63) is 35.2 Å². The van der Waals surface area contributed by atoms with Crippen LogP contribution in [0.25, 0.3) is 0 Å². The van der Waals surface area contributed by atoms with Crippen LogP contribution in [0.4, 0.5) is 4.39 Å². The molecule has 1 N–H and O–H groups in total. The molecule has 16 heavy (non-hydrogen) atoms. The van der Waals surface area contributed by atoms with E-state index < -0.39 is 0 Å². The zero-order valence-electron chi connectivity index (χ0n) is 10.1. The van der Waals surface area contributed by atoms with Gasteiger partial charge in [-0.2, -0.15) is 0 Å². The van der Waals surface area contributed by atoms with Gasteiger partial charge < -0.3 is 5.32 Å². The van der Waals surface area contributed by atoms with Crippen molar-refractivity contribution in [2.45, 2.75) is 39.7 Å². The van der Waals surface area contributed by atoms with Crippen molar-refractivity contribution >= 4 is 5.91 Å². The lowest BCUT2D eigenvalue weighted by Gasteiger charge is -2.11. The molecule has 1 aliphatic carbocycles. The summed E-state index contributed by atoms with van der Waals surface area (Å²) in [5.74, 6) is -0.331. The van der Waals surface area contributed by atoms with Crippen LogP contribution in [0.3, 0.4) is 0 Å². The van der Waals surface area contributed by atoms with Gasteiger partial charge in [-0.1, -0.05) is 12.2 Å². The fourth-order valence-corrected chi connectivity index (χ4v) is 1.58. The first-order valence-electron chi connectivity index (χ1n) is 5.43. The highest BCUT2D eigenvalue weighted by Gasteiger charge is 2.17. The van der Waals surface area contributed by atoms with E-state index in [1.54, 1.807) is 13.0 Å². The van der Waals surface area contributed by atoms with Crippen LogP contribution in [-0.2, 0) is 4.79 Å². The fraction of sp³-hybridized carbons (Fsp3) is 0.462. The number of amides is 1. The monoisotopic (exact) mass is 223 g/mol. The predicted molar refractivity (Wildman–Crippen MR) is 63.5 cm³/mol. The molecule has 0 unspecified atom stereocenters. The number of halogens is 1. The van der Waals surface area contributed by atoms with Crippen molar-refractivity contribution in [1.82, 2.24) is 5.32 Å². The zero-order valence-corrected chi connectivity index (χ0v) is 10.1. The van der Waals surface area contributed by atoms with Crippen LogP contribution in [0, 0.1) is 0 Å². The van der Waals surface area contributed by atoms with E-state index in [-0.39, 0.29) is 24.2 Å². The molecule has 1 amide bonds. The molecule has 88 valence electrons. The Kier molecular flexibility index (Phi) is 4.05. The largest absolute Gasteiger partial charge is 0.350 e. The van der Waals surface area contributed by atoms with Gasteiger partial charge in [0.05, 0.1) is 0 Å². The van der Waals surface area contributed by atoms with E-state index in [0.717, 1.165) is 5.57 Å². The SMILES string of the molecule is C=C1CC(C(=O)NC(C)C)=CC(C)=C(F)C1. The maximum absolute atomic E-state index is 13.4. The highest BCUT2D eigenvalue weighted by molar-refractivity contribution is 5.94. The Balaban J connectivity index is 2.91. The third-order valence-electron chi connectivity index (χ3n) is 2.38. The molecular weight excluding hydrogens is 205 g/mol. The minimum absolute atomic E-state index is 0.0825. The lowest BCUT2D eigenvalue weighted by atomic mass is 10.1. The lowest BCUT2D eigenvalue weighted by molar-refractivity contribution is -0.118. The number of allylic oxidation sites excluding steroid dienone is 4. The predicted octanol–water partition coefficient (Wildman–Crippen LogP) is 3.03. The van der Waals surface area contributed by atoms with Gasteiger partial charge >= 0.3 is 0 Å². The average molecular weight is 223 g/mol. The van der Waals surface area contributed by atoms with Gasteiger partial charge in [0, 0.05) is 18.0 Å². The summed E-state index contributed by atoms with van der Waals surface area (Å²) in [6, 6.07) is 0.0825. The number of nitrogens with one attached hydrogen (secondary N) is 1. The van der Waals surface area contributed by atoms with E-state index >= 15 is 0 Å². The van der Waals surface area contributed by atoms with Crippen LogP contribution >= 0.6 is 0 Å². The minimum Gasteiger partial charge on any atom is -0.350 e. The molecule has 0 aromatic heterocycles. The van der Waals surface area contributed by atoms with Crippen molar-refractivity contribution in [3.63, 3.8) is 0 Å². The van der Waals surface area contributed by atoms with E-state index in [1.807, 2.05) is 13.8 Å². The quantitative estimate of drug-likeness (QED) is 0.716. The van der Waals surface area contributed by atoms with Gasteiger partial charge in [0.25, 0.3) is 0 Å². The fourth-order valence-electron chi connectivity index (χ4n) is 1.58. The van der Waals surface area contributed by atoms with E-state index in [2.05, 4.69) is 11.9 Å². The second-order valence-corrected chi connectivity index (χ2v) is 4.49. The van der Waals surface area contributed by atoms with E-state index in [9.17, 15) is 9.18 Å². The molecule has 0 saturated carbocycles. The van der Waals surface area contributed by atoms with Gasteiger partial charge in [0.1, 0.15) is 5.83 Å². The molecule has 0 bridgehead atoms. The summed E-state index contributed by atoms with van der Waals surface area (Å²) in [4.78, 5) is 11.8. The van der Waals surface area contributed by atoms with Crippen LogP contribution in [0.1, 0.15) is 33.6 Å². The number of carbonyl (C=O) groups is 1. The summed E-state index contributed by atoms with van der Waals surface area (Å²) in [7, 11) is 0. The average Bonchev–Trinajstić information content (AvgIpc) is 2.25. The summed E-state index contributed by atoms with van der Waals surface area (Å²) in [5.41, 5.74) is 1.84.